The summed E-state index contributed by atoms with van der Waals surface area (Å²) in [6, 6.07) is 8.62. The summed E-state index contributed by atoms with van der Waals surface area (Å²) < 4.78 is 8.29. The topological polar surface area (TPSA) is 29.0 Å². The number of anilines is 1. The van der Waals surface area contributed by atoms with Crippen molar-refractivity contribution in [3.8, 4) is 0 Å². The molecule has 0 N–H and O–H groups in total. The molecule has 3 rings (SSSR count). The molecule has 1 aromatic carbocycles. The maximum Gasteiger partial charge on any atom is 0.187 e. The molecule has 1 aromatic heterocycles. The smallest absolute Gasteiger partial charge is 0.187 e. The van der Waals surface area contributed by atoms with Gasteiger partial charge in [0.15, 0.2) is 11.0 Å². The van der Waals surface area contributed by atoms with Gasteiger partial charge in [-0.15, -0.1) is 0 Å². The van der Waals surface area contributed by atoms with Crippen LogP contribution in [-0.4, -0.2) is 21.8 Å². The molecule has 3 nitrogen and oxygen atoms in total. The van der Waals surface area contributed by atoms with Crippen LogP contribution in [0.2, 0.25) is 5.15 Å². The third kappa shape index (κ3) is 2.15. The van der Waals surface area contributed by atoms with E-state index in [1.807, 2.05) is 0 Å². The molecule has 0 atom stereocenters. The molecule has 0 fully saturated rings. The van der Waals surface area contributed by atoms with Crippen molar-refractivity contribution in [1.82, 2.24) is 8.75 Å². The second-order valence-electron chi connectivity index (χ2n) is 4.13. The first-order valence-electron chi connectivity index (χ1n) is 5.64. The lowest BCUT2D eigenvalue weighted by molar-refractivity contribution is 0.796. The van der Waals surface area contributed by atoms with Crippen LogP contribution in [0.3, 0.4) is 0 Å². The van der Waals surface area contributed by atoms with Crippen LogP contribution in [0, 0.1) is 0 Å². The van der Waals surface area contributed by atoms with Crippen LogP contribution in [0.1, 0.15) is 11.1 Å². The van der Waals surface area contributed by atoms with E-state index in [4.69, 9.17) is 11.6 Å². The molecule has 0 bridgehead atoms. The Balaban J connectivity index is 1.84. The van der Waals surface area contributed by atoms with E-state index >= 15 is 0 Å². The van der Waals surface area contributed by atoms with Gasteiger partial charge in [0.25, 0.3) is 0 Å². The fourth-order valence-corrected chi connectivity index (χ4v) is 3.02. The summed E-state index contributed by atoms with van der Waals surface area (Å²) in [5, 5.41) is 0.529. The Hall–Kier alpha value is -1.13. The predicted molar refractivity (Wildman–Crippen MR) is 71.0 cm³/mol. The van der Waals surface area contributed by atoms with E-state index in [2.05, 4.69) is 37.9 Å². The lowest BCUT2D eigenvalue weighted by Crippen LogP contribution is -2.26. The van der Waals surface area contributed by atoms with Gasteiger partial charge in [-0.05, 0) is 24.0 Å². The van der Waals surface area contributed by atoms with Crippen molar-refractivity contribution < 1.29 is 0 Å². The number of hydrogen-bond acceptors (Lipinski definition) is 4. The van der Waals surface area contributed by atoms with Crippen LogP contribution in [0.4, 0.5) is 5.82 Å². The fraction of sp³-hybridized carbons (Fsp3) is 0.333. The molecule has 1 aliphatic rings. The number of rotatable bonds is 1. The Morgan fingerprint density at radius 3 is 2.24 bits per heavy atom. The van der Waals surface area contributed by atoms with Gasteiger partial charge in [-0.3, -0.25) is 0 Å². The summed E-state index contributed by atoms with van der Waals surface area (Å²) >= 11 is 7.21. The summed E-state index contributed by atoms with van der Waals surface area (Å²) in [5.41, 5.74) is 2.88. The quantitative estimate of drug-likeness (QED) is 0.794. The van der Waals surface area contributed by atoms with E-state index in [9.17, 15) is 0 Å². The number of aromatic nitrogens is 2. The lowest BCUT2D eigenvalue weighted by Gasteiger charge is -2.19. The molecule has 0 saturated carbocycles. The fourth-order valence-electron chi connectivity index (χ4n) is 2.24. The first kappa shape index (κ1) is 11.0. The van der Waals surface area contributed by atoms with Gasteiger partial charge < -0.3 is 4.90 Å². The highest BCUT2D eigenvalue weighted by Gasteiger charge is 2.18. The van der Waals surface area contributed by atoms with Crippen molar-refractivity contribution in [2.24, 2.45) is 0 Å². The summed E-state index contributed by atoms with van der Waals surface area (Å²) in [6.07, 6.45) is 2.09. The van der Waals surface area contributed by atoms with E-state index in [0.717, 1.165) is 31.7 Å². The largest absolute Gasteiger partial charge is 0.352 e. The minimum absolute atomic E-state index is 0.529. The third-order valence-corrected chi connectivity index (χ3v) is 4.03. The molecule has 0 saturated heterocycles. The van der Waals surface area contributed by atoms with Crippen LogP contribution < -0.4 is 4.90 Å². The van der Waals surface area contributed by atoms with Gasteiger partial charge in [0.05, 0.1) is 11.7 Å². The van der Waals surface area contributed by atoms with Crippen LogP contribution in [-0.2, 0) is 12.8 Å². The van der Waals surface area contributed by atoms with Gasteiger partial charge in [-0.1, -0.05) is 35.9 Å². The van der Waals surface area contributed by atoms with E-state index < -0.39 is 0 Å². The minimum Gasteiger partial charge on any atom is -0.352 e. The van der Waals surface area contributed by atoms with Crippen molar-refractivity contribution in [1.29, 1.82) is 0 Å². The Labute approximate surface area is 109 Å². The van der Waals surface area contributed by atoms with Crippen molar-refractivity contribution in [3.63, 3.8) is 0 Å². The second kappa shape index (κ2) is 4.63. The van der Waals surface area contributed by atoms with Gasteiger partial charge in [0, 0.05) is 13.1 Å². The minimum atomic E-state index is 0.529. The van der Waals surface area contributed by atoms with Crippen LogP contribution in [0.5, 0.6) is 0 Å². The molecule has 0 unspecified atom stereocenters. The summed E-state index contributed by atoms with van der Waals surface area (Å²) in [5.74, 6) is 0.837. The van der Waals surface area contributed by atoms with Crippen molar-refractivity contribution >= 4 is 29.1 Å². The normalized spacial score (nSPS) is 15.5. The Kier molecular flexibility index (Phi) is 2.99. The molecule has 2 heterocycles. The van der Waals surface area contributed by atoms with Gasteiger partial charge in [-0.2, -0.15) is 8.75 Å². The van der Waals surface area contributed by atoms with Gasteiger partial charge in [-0.25, -0.2) is 0 Å². The number of benzene rings is 1. The average molecular weight is 266 g/mol. The molecule has 0 spiro atoms. The van der Waals surface area contributed by atoms with E-state index in [0.29, 0.717) is 5.15 Å². The summed E-state index contributed by atoms with van der Waals surface area (Å²) in [4.78, 5) is 2.23. The molecular weight excluding hydrogens is 254 g/mol. The average Bonchev–Trinajstić information content (AvgIpc) is 2.66. The van der Waals surface area contributed by atoms with Gasteiger partial charge in [0.2, 0.25) is 0 Å². The predicted octanol–water partition coefficient (Wildman–Crippen LogP) is 2.80. The highest BCUT2D eigenvalue weighted by molar-refractivity contribution is 6.99. The van der Waals surface area contributed by atoms with Crippen molar-refractivity contribution in [2.45, 2.75) is 12.8 Å². The molecule has 2 aromatic rings. The first-order chi connectivity index (χ1) is 8.34. The van der Waals surface area contributed by atoms with E-state index in [1.54, 1.807) is 0 Å². The highest BCUT2D eigenvalue weighted by Crippen LogP contribution is 2.25. The second-order valence-corrected chi connectivity index (χ2v) is 5.02. The SMILES string of the molecule is Clc1nsnc1N1CCc2ccccc2CC1. The van der Waals surface area contributed by atoms with Crippen LogP contribution in [0.25, 0.3) is 0 Å². The molecule has 17 heavy (non-hydrogen) atoms. The number of halogens is 1. The van der Waals surface area contributed by atoms with Crippen molar-refractivity contribution in [3.05, 3.63) is 40.5 Å². The number of fused-ring (bicyclic) bond motifs is 1. The molecule has 0 radical (unpaired) electrons. The van der Waals surface area contributed by atoms with E-state index in [-0.39, 0.29) is 0 Å². The highest BCUT2D eigenvalue weighted by atomic mass is 35.5. The van der Waals surface area contributed by atoms with Crippen LogP contribution in [0.15, 0.2) is 24.3 Å². The van der Waals surface area contributed by atoms with E-state index in [1.165, 1.54) is 22.9 Å². The Morgan fingerprint density at radius 2 is 1.71 bits per heavy atom. The zero-order valence-corrected chi connectivity index (χ0v) is 10.8. The maximum absolute atomic E-state index is 6.03. The molecule has 1 aliphatic heterocycles. The number of hydrogen-bond donors (Lipinski definition) is 0. The zero-order chi connectivity index (χ0) is 11.7. The maximum atomic E-state index is 6.03. The standard InChI is InChI=1S/C12H12ClN3S/c13-11-12(15-17-14-11)16-7-5-9-3-1-2-4-10(9)6-8-16/h1-4H,5-8H2. The molecule has 88 valence electrons. The van der Waals surface area contributed by atoms with Gasteiger partial charge >= 0.3 is 0 Å². The lowest BCUT2D eigenvalue weighted by atomic mass is 10.0. The molecule has 5 heteroatoms. The zero-order valence-electron chi connectivity index (χ0n) is 9.27. The van der Waals surface area contributed by atoms with Crippen LogP contribution >= 0.6 is 23.3 Å². The third-order valence-electron chi connectivity index (χ3n) is 3.15. The monoisotopic (exact) mass is 265 g/mol. The first-order valence-corrected chi connectivity index (χ1v) is 6.75. The Morgan fingerprint density at radius 1 is 1.06 bits per heavy atom. The number of nitrogens with zero attached hydrogens (tertiary/aromatic N) is 3. The van der Waals surface area contributed by atoms with Gasteiger partial charge in [0.1, 0.15) is 0 Å². The summed E-state index contributed by atoms with van der Waals surface area (Å²) in [6.45, 7) is 1.92. The Bertz CT molecular complexity index is 499. The molecular formula is C12H12ClN3S. The molecule has 0 aliphatic carbocycles. The summed E-state index contributed by atoms with van der Waals surface area (Å²) in [7, 11) is 0. The molecule has 0 amide bonds. The van der Waals surface area contributed by atoms with Crippen molar-refractivity contribution in [2.75, 3.05) is 18.0 Å².